The summed E-state index contributed by atoms with van der Waals surface area (Å²) in [5, 5.41) is 5.50. The van der Waals surface area contributed by atoms with Gasteiger partial charge in [-0.15, -0.1) is 11.3 Å². The van der Waals surface area contributed by atoms with Crippen molar-refractivity contribution in [3.63, 3.8) is 0 Å². The van der Waals surface area contributed by atoms with Gasteiger partial charge in [0.05, 0.1) is 12.1 Å². The third kappa shape index (κ3) is 4.35. The van der Waals surface area contributed by atoms with E-state index in [1.807, 2.05) is 54.8 Å². The minimum Gasteiger partial charge on any atom is -0.302 e. The van der Waals surface area contributed by atoms with Gasteiger partial charge in [0.15, 0.2) is 5.13 Å². The number of nitrogens with one attached hydrogen (secondary N) is 1. The van der Waals surface area contributed by atoms with Gasteiger partial charge < -0.3 is 5.32 Å². The van der Waals surface area contributed by atoms with Gasteiger partial charge in [0, 0.05) is 10.9 Å². The van der Waals surface area contributed by atoms with Crippen LogP contribution in [-0.2, 0) is 11.2 Å². The number of thiazole rings is 1. The third-order valence-electron chi connectivity index (χ3n) is 4.52. The molecule has 28 heavy (non-hydrogen) atoms. The molecule has 0 aliphatic rings. The third-order valence-corrected chi connectivity index (χ3v) is 5.28. The van der Waals surface area contributed by atoms with Crippen LogP contribution in [0.1, 0.15) is 11.1 Å². The fourth-order valence-electron chi connectivity index (χ4n) is 2.98. The number of nitrogens with zero attached hydrogens (tertiary/aromatic N) is 1. The fraction of sp³-hybridized carbons (Fsp3) is 0.0833. The molecule has 1 amide bonds. The molecule has 3 nitrogen and oxygen atoms in total. The molecule has 0 bridgehead atoms. The second kappa shape index (κ2) is 8.19. The van der Waals surface area contributed by atoms with E-state index < -0.39 is 0 Å². The molecule has 0 spiro atoms. The SMILES string of the molecule is Cc1ccc(CC(=O)Nc2nc(-c3ccc(-c4ccccc4)cc3)cs2)cc1. The monoisotopic (exact) mass is 384 g/mol. The number of rotatable bonds is 5. The molecule has 4 aromatic rings. The van der Waals surface area contributed by atoms with Gasteiger partial charge >= 0.3 is 0 Å². The molecule has 0 radical (unpaired) electrons. The lowest BCUT2D eigenvalue weighted by molar-refractivity contribution is -0.115. The van der Waals surface area contributed by atoms with Crippen molar-refractivity contribution in [2.75, 3.05) is 5.32 Å². The zero-order valence-corrected chi connectivity index (χ0v) is 16.4. The molecule has 4 heteroatoms. The number of amides is 1. The average Bonchev–Trinajstić information content (AvgIpc) is 3.19. The summed E-state index contributed by atoms with van der Waals surface area (Å²) in [6.45, 7) is 2.04. The molecule has 1 heterocycles. The van der Waals surface area contributed by atoms with E-state index in [0.717, 1.165) is 16.8 Å². The lowest BCUT2D eigenvalue weighted by Gasteiger charge is -2.03. The van der Waals surface area contributed by atoms with Gasteiger partial charge in [-0.1, -0.05) is 84.4 Å². The van der Waals surface area contributed by atoms with Crippen molar-refractivity contribution in [2.24, 2.45) is 0 Å². The van der Waals surface area contributed by atoms with Gasteiger partial charge in [-0.05, 0) is 23.6 Å². The Labute approximate surface area is 168 Å². The number of carbonyl (C=O) groups is 1. The summed E-state index contributed by atoms with van der Waals surface area (Å²) < 4.78 is 0. The first-order valence-corrected chi connectivity index (χ1v) is 10.0. The van der Waals surface area contributed by atoms with Gasteiger partial charge in [0.2, 0.25) is 5.91 Å². The van der Waals surface area contributed by atoms with Crippen LogP contribution in [0.15, 0.2) is 84.2 Å². The highest BCUT2D eigenvalue weighted by Gasteiger charge is 2.09. The van der Waals surface area contributed by atoms with Crippen LogP contribution in [-0.4, -0.2) is 10.9 Å². The standard InChI is InChI=1S/C24H20N2OS/c1-17-7-9-18(10-8-17)15-23(27)26-24-25-22(16-28-24)21-13-11-20(12-14-21)19-5-3-2-4-6-19/h2-14,16H,15H2,1H3,(H,25,26,27). The van der Waals surface area contributed by atoms with E-state index in [4.69, 9.17) is 0 Å². The number of hydrogen-bond acceptors (Lipinski definition) is 3. The van der Waals surface area contributed by atoms with Crippen LogP contribution in [0.2, 0.25) is 0 Å². The quantitative estimate of drug-likeness (QED) is 0.461. The Kier molecular flexibility index (Phi) is 5.31. The fourth-order valence-corrected chi connectivity index (χ4v) is 3.72. The Hall–Kier alpha value is -3.24. The van der Waals surface area contributed by atoms with Crippen LogP contribution < -0.4 is 5.32 Å². The van der Waals surface area contributed by atoms with E-state index in [1.54, 1.807) is 0 Å². The number of aromatic nitrogens is 1. The number of benzene rings is 3. The highest BCUT2D eigenvalue weighted by atomic mass is 32.1. The summed E-state index contributed by atoms with van der Waals surface area (Å²) in [7, 11) is 0. The molecular weight excluding hydrogens is 364 g/mol. The molecule has 0 fully saturated rings. The largest absolute Gasteiger partial charge is 0.302 e. The van der Waals surface area contributed by atoms with Crippen LogP contribution in [0.4, 0.5) is 5.13 Å². The number of hydrogen-bond donors (Lipinski definition) is 1. The summed E-state index contributed by atoms with van der Waals surface area (Å²) in [5.74, 6) is -0.0517. The summed E-state index contributed by atoms with van der Waals surface area (Å²) >= 11 is 1.44. The maximum absolute atomic E-state index is 12.3. The first-order chi connectivity index (χ1) is 13.7. The predicted molar refractivity (Wildman–Crippen MR) is 116 cm³/mol. The van der Waals surface area contributed by atoms with Crippen molar-refractivity contribution >= 4 is 22.4 Å². The highest BCUT2D eigenvalue weighted by Crippen LogP contribution is 2.27. The van der Waals surface area contributed by atoms with E-state index >= 15 is 0 Å². The Bertz CT molecular complexity index is 1070. The average molecular weight is 385 g/mol. The van der Waals surface area contributed by atoms with Crippen molar-refractivity contribution in [3.05, 3.63) is 95.4 Å². The first-order valence-electron chi connectivity index (χ1n) is 9.14. The van der Waals surface area contributed by atoms with Crippen LogP contribution in [0.5, 0.6) is 0 Å². The first kappa shape index (κ1) is 18.1. The highest BCUT2D eigenvalue weighted by molar-refractivity contribution is 7.14. The van der Waals surface area contributed by atoms with E-state index in [-0.39, 0.29) is 5.91 Å². The number of aryl methyl sites for hydroxylation is 1. The second-order valence-corrected chi connectivity index (χ2v) is 7.55. The molecule has 4 rings (SSSR count). The number of carbonyl (C=O) groups excluding carboxylic acids is 1. The van der Waals surface area contributed by atoms with Gasteiger partial charge in [0.1, 0.15) is 0 Å². The molecule has 0 saturated carbocycles. The van der Waals surface area contributed by atoms with Crippen LogP contribution in [0.3, 0.4) is 0 Å². The van der Waals surface area contributed by atoms with E-state index in [0.29, 0.717) is 11.6 Å². The molecule has 0 atom stereocenters. The lowest BCUT2D eigenvalue weighted by atomic mass is 10.0. The summed E-state index contributed by atoms with van der Waals surface area (Å²) in [6.07, 6.45) is 0.348. The van der Waals surface area contributed by atoms with E-state index in [2.05, 4.69) is 46.7 Å². The Balaban J connectivity index is 1.42. The maximum atomic E-state index is 12.3. The Morgan fingerprint density at radius 1 is 0.857 bits per heavy atom. The molecule has 0 aliphatic carbocycles. The second-order valence-electron chi connectivity index (χ2n) is 6.69. The van der Waals surface area contributed by atoms with Crippen molar-refractivity contribution in [1.29, 1.82) is 0 Å². The van der Waals surface area contributed by atoms with Crippen molar-refractivity contribution in [3.8, 4) is 22.4 Å². The summed E-state index contributed by atoms with van der Waals surface area (Å²) in [6, 6.07) is 26.6. The van der Waals surface area contributed by atoms with Crippen molar-refractivity contribution in [2.45, 2.75) is 13.3 Å². The van der Waals surface area contributed by atoms with E-state index in [9.17, 15) is 4.79 Å². The zero-order valence-electron chi connectivity index (χ0n) is 15.6. The predicted octanol–water partition coefficient (Wildman–Crippen LogP) is 5.97. The molecule has 0 unspecified atom stereocenters. The lowest BCUT2D eigenvalue weighted by Crippen LogP contribution is -2.14. The molecule has 1 N–H and O–H groups in total. The topological polar surface area (TPSA) is 42.0 Å². The van der Waals surface area contributed by atoms with Crippen LogP contribution >= 0.6 is 11.3 Å². The molecule has 3 aromatic carbocycles. The summed E-state index contributed by atoms with van der Waals surface area (Å²) in [4.78, 5) is 16.8. The molecular formula is C24H20N2OS. The minimum atomic E-state index is -0.0517. The van der Waals surface area contributed by atoms with Crippen molar-refractivity contribution in [1.82, 2.24) is 4.98 Å². The zero-order chi connectivity index (χ0) is 19.3. The van der Waals surface area contributed by atoms with Gasteiger partial charge in [-0.2, -0.15) is 0 Å². The molecule has 0 aliphatic heterocycles. The van der Waals surface area contributed by atoms with Gasteiger partial charge in [-0.3, -0.25) is 4.79 Å². The Morgan fingerprint density at radius 2 is 1.50 bits per heavy atom. The Morgan fingerprint density at radius 3 is 2.21 bits per heavy atom. The minimum absolute atomic E-state index is 0.0517. The van der Waals surface area contributed by atoms with Gasteiger partial charge in [-0.25, -0.2) is 4.98 Å². The van der Waals surface area contributed by atoms with Crippen LogP contribution in [0, 0.1) is 6.92 Å². The molecule has 0 saturated heterocycles. The van der Waals surface area contributed by atoms with Gasteiger partial charge in [0.25, 0.3) is 0 Å². The van der Waals surface area contributed by atoms with Crippen molar-refractivity contribution < 1.29 is 4.79 Å². The van der Waals surface area contributed by atoms with E-state index in [1.165, 1.54) is 28.0 Å². The normalized spacial score (nSPS) is 10.6. The molecule has 1 aromatic heterocycles. The maximum Gasteiger partial charge on any atom is 0.230 e. The van der Waals surface area contributed by atoms with Crippen LogP contribution in [0.25, 0.3) is 22.4 Å². The summed E-state index contributed by atoms with van der Waals surface area (Å²) in [5.41, 5.74) is 6.45. The molecule has 138 valence electrons. The smallest absolute Gasteiger partial charge is 0.230 e. The number of anilines is 1.